The number of carboxylic acid groups (broad SMARTS) is 1. The van der Waals surface area contributed by atoms with Crippen LogP contribution in [0.1, 0.15) is 21.5 Å². The molecule has 1 N–H and O–H groups in total. The molecule has 0 aliphatic rings. The van der Waals surface area contributed by atoms with Crippen LogP contribution in [0.25, 0.3) is 12.2 Å². The summed E-state index contributed by atoms with van der Waals surface area (Å²) in [5, 5.41) is 8.52. The van der Waals surface area contributed by atoms with Crippen molar-refractivity contribution in [2.75, 3.05) is 0 Å². The second-order valence-electron chi connectivity index (χ2n) is 3.75. The van der Waals surface area contributed by atoms with Crippen LogP contribution >= 0.6 is 0 Å². The Kier molecular flexibility index (Phi) is 5.83. The molecule has 0 bridgehead atoms. The maximum Gasteiger partial charge on any atom is 0.335 e. The van der Waals surface area contributed by atoms with E-state index in [9.17, 15) is 4.79 Å². The van der Waals surface area contributed by atoms with E-state index in [0.717, 1.165) is 5.56 Å². The Morgan fingerprint density at radius 1 is 0.842 bits per heavy atom. The second kappa shape index (κ2) is 7.67. The van der Waals surface area contributed by atoms with Crippen LogP contribution in [0.5, 0.6) is 0 Å². The minimum absolute atomic E-state index is 0.301. The molecule has 0 fully saturated rings. The summed E-state index contributed by atoms with van der Waals surface area (Å²) in [6, 6.07) is 16.6. The number of benzene rings is 2. The van der Waals surface area contributed by atoms with Gasteiger partial charge in [-0.3, -0.25) is 0 Å². The van der Waals surface area contributed by atoms with Crippen molar-refractivity contribution in [2.45, 2.75) is 0 Å². The molecule has 0 saturated heterocycles. The first-order valence-corrected chi connectivity index (χ1v) is 5.80. The van der Waals surface area contributed by atoms with E-state index < -0.39 is 5.97 Å². The van der Waals surface area contributed by atoms with Gasteiger partial charge in [-0.05, 0) is 23.3 Å². The van der Waals surface area contributed by atoms with Crippen LogP contribution in [0.2, 0.25) is 0 Å². The highest BCUT2D eigenvalue weighted by Crippen LogP contribution is 2.04. The number of hydrogen-bond acceptors (Lipinski definition) is 1. The van der Waals surface area contributed by atoms with E-state index in [2.05, 4.69) is 13.2 Å². The molecule has 0 unspecified atom stereocenters. The summed E-state index contributed by atoms with van der Waals surface area (Å²) in [4.78, 5) is 10.4. The lowest BCUT2D eigenvalue weighted by Gasteiger charge is -1.93. The number of carboxylic acids is 1. The van der Waals surface area contributed by atoms with Gasteiger partial charge in [-0.1, -0.05) is 67.8 Å². The zero-order valence-corrected chi connectivity index (χ0v) is 10.6. The molecule has 2 heteroatoms. The third-order valence-electron chi connectivity index (χ3n) is 2.43. The van der Waals surface area contributed by atoms with E-state index in [-0.39, 0.29) is 0 Å². The van der Waals surface area contributed by atoms with Crippen molar-refractivity contribution in [2.24, 2.45) is 0 Å². The zero-order valence-electron chi connectivity index (χ0n) is 10.6. The lowest BCUT2D eigenvalue weighted by Crippen LogP contribution is -1.94. The average Bonchev–Trinajstić information content (AvgIpc) is 2.48. The standard InChI is InChI=1S/C9H8O2.C8H8/c1-2-7-3-5-8(6-4-7)9(10)11;1-2-8-6-4-3-5-7-8/h2-6H,1H2,(H,10,11);2-7H,1H2. The monoisotopic (exact) mass is 252 g/mol. The van der Waals surface area contributed by atoms with Crippen molar-refractivity contribution < 1.29 is 9.90 Å². The Balaban J connectivity index is 0.000000200. The fourth-order valence-corrected chi connectivity index (χ4v) is 1.35. The first kappa shape index (κ1) is 14.5. The van der Waals surface area contributed by atoms with Gasteiger partial charge in [0.1, 0.15) is 0 Å². The van der Waals surface area contributed by atoms with Crippen LogP contribution in [-0.2, 0) is 0 Å². The van der Waals surface area contributed by atoms with E-state index in [1.165, 1.54) is 5.56 Å². The van der Waals surface area contributed by atoms with Gasteiger partial charge in [0.15, 0.2) is 0 Å². The third kappa shape index (κ3) is 5.04. The molecule has 19 heavy (non-hydrogen) atoms. The van der Waals surface area contributed by atoms with Crippen molar-refractivity contribution in [1.29, 1.82) is 0 Å². The van der Waals surface area contributed by atoms with Gasteiger partial charge < -0.3 is 5.11 Å². The number of aromatic carboxylic acids is 1. The molecular formula is C17H16O2. The maximum absolute atomic E-state index is 10.4. The SMILES string of the molecule is C=Cc1ccc(C(=O)O)cc1.C=Cc1ccccc1. The van der Waals surface area contributed by atoms with E-state index in [1.807, 2.05) is 36.4 Å². The van der Waals surface area contributed by atoms with Gasteiger partial charge in [-0.15, -0.1) is 0 Å². The summed E-state index contributed by atoms with van der Waals surface area (Å²) in [5.41, 5.74) is 2.40. The van der Waals surface area contributed by atoms with Crippen LogP contribution in [-0.4, -0.2) is 11.1 Å². The summed E-state index contributed by atoms with van der Waals surface area (Å²) >= 11 is 0. The predicted molar refractivity (Wildman–Crippen MR) is 80.0 cm³/mol. The summed E-state index contributed by atoms with van der Waals surface area (Å²) in [6.45, 7) is 7.19. The van der Waals surface area contributed by atoms with Gasteiger partial charge in [0.05, 0.1) is 5.56 Å². The Bertz CT molecular complexity index is 539. The minimum Gasteiger partial charge on any atom is -0.478 e. The van der Waals surface area contributed by atoms with Crippen LogP contribution < -0.4 is 0 Å². The molecule has 0 aromatic heterocycles. The Morgan fingerprint density at radius 2 is 1.32 bits per heavy atom. The van der Waals surface area contributed by atoms with Crippen LogP contribution in [0.4, 0.5) is 0 Å². The summed E-state index contributed by atoms with van der Waals surface area (Å²) in [7, 11) is 0. The van der Waals surface area contributed by atoms with Gasteiger partial charge in [0.25, 0.3) is 0 Å². The van der Waals surface area contributed by atoms with Gasteiger partial charge in [0.2, 0.25) is 0 Å². The zero-order chi connectivity index (χ0) is 14.1. The lowest BCUT2D eigenvalue weighted by molar-refractivity contribution is 0.0697. The Labute approximate surface area is 113 Å². The Morgan fingerprint density at radius 3 is 1.68 bits per heavy atom. The fraction of sp³-hybridized carbons (Fsp3) is 0. The van der Waals surface area contributed by atoms with Gasteiger partial charge in [0, 0.05) is 0 Å². The molecule has 2 rings (SSSR count). The molecule has 2 aromatic carbocycles. The van der Waals surface area contributed by atoms with E-state index in [4.69, 9.17) is 5.11 Å². The van der Waals surface area contributed by atoms with Gasteiger partial charge in [-0.25, -0.2) is 4.79 Å². The lowest BCUT2D eigenvalue weighted by atomic mass is 10.1. The molecule has 0 saturated carbocycles. The molecule has 0 aliphatic carbocycles. The maximum atomic E-state index is 10.4. The minimum atomic E-state index is -0.902. The summed E-state index contributed by atoms with van der Waals surface area (Å²) in [5.74, 6) is -0.902. The molecule has 0 heterocycles. The first-order valence-electron chi connectivity index (χ1n) is 5.80. The van der Waals surface area contributed by atoms with Crippen molar-refractivity contribution in [3.63, 3.8) is 0 Å². The highest BCUT2D eigenvalue weighted by atomic mass is 16.4. The smallest absolute Gasteiger partial charge is 0.335 e. The first-order chi connectivity index (χ1) is 9.17. The average molecular weight is 252 g/mol. The predicted octanol–water partition coefficient (Wildman–Crippen LogP) is 4.36. The van der Waals surface area contributed by atoms with E-state index in [0.29, 0.717) is 5.56 Å². The van der Waals surface area contributed by atoms with E-state index >= 15 is 0 Å². The van der Waals surface area contributed by atoms with Gasteiger partial charge in [-0.2, -0.15) is 0 Å². The van der Waals surface area contributed by atoms with Crippen LogP contribution in [0.15, 0.2) is 67.8 Å². The van der Waals surface area contributed by atoms with Crippen molar-refractivity contribution in [1.82, 2.24) is 0 Å². The summed E-state index contributed by atoms with van der Waals surface area (Å²) < 4.78 is 0. The highest BCUT2D eigenvalue weighted by Gasteiger charge is 1.99. The molecule has 96 valence electrons. The van der Waals surface area contributed by atoms with Crippen molar-refractivity contribution >= 4 is 18.1 Å². The van der Waals surface area contributed by atoms with Crippen LogP contribution in [0.3, 0.4) is 0 Å². The normalized spacial score (nSPS) is 8.84. The van der Waals surface area contributed by atoms with E-state index in [1.54, 1.807) is 30.3 Å². The van der Waals surface area contributed by atoms with Crippen molar-refractivity contribution in [3.8, 4) is 0 Å². The number of rotatable bonds is 3. The molecule has 0 atom stereocenters. The molecular weight excluding hydrogens is 236 g/mol. The van der Waals surface area contributed by atoms with Crippen LogP contribution in [0, 0.1) is 0 Å². The topological polar surface area (TPSA) is 37.3 Å². The quantitative estimate of drug-likeness (QED) is 0.881. The summed E-state index contributed by atoms with van der Waals surface area (Å²) in [6.07, 6.45) is 3.51. The largest absolute Gasteiger partial charge is 0.478 e. The third-order valence-corrected chi connectivity index (χ3v) is 2.43. The molecule has 0 radical (unpaired) electrons. The Hall–Kier alpha value is -2.61. The molecule has 0 aliphatic heterocycles. The molecule has 2 nitrogen and oxygen atoms in total. The fourth-order valence-electron chi connectivity index (χ4n) is 1.35. The molecule has 0 spiro atoms. The van der Waals surface area contributed by atoms with Gasteiger partial charge >= 0.3 is 5.97 Å². The van der Waals surface area contributed by atoms with Crippen molar-refractivity contribution in [3.05, 3.63) is 84.4 Å². The number of hydrogen-bond donors (Lipinski definition) is 1. The molecule has 0 amide bonds. The second-order valence-corrected chi connectivity index (χ2v) is 3.75. The molecule has 2 aromatic rings. The highest BCUT2D eigenvalue weighted by molar-refractivity contribution is 5.87. The number of carbonyl (C=O) groups is 1.